The lowest BCUT2D eigenvalue weighted by Gasteiger charge is -2.24. The van der Waals surface area contributed by atoms with Crippen LogP contribution >= 0.6 is 21.6 Å². The van der Waals surface area contributed by atoms with E-state index in [0.717, 1.165) is 27.2 Å². The van der Waals surface area contributed by atoms with Crippen molar-refractivity contribution in [3.8, 4) is 0 Å². The van der Waals surface area contributed by atoms with Crippen LogP contribution in [0.4, 0.5) is 5.69 Å². The summed E-state index contributed by atoms with van der Waals surface area (Å²) < 4.78 is 0. The third-order valence-corrected chi connectivity index (χ3v) is 11.0. The summed E-state index contributed by atoms with van der Waals surface area (Å²) in [5, 5.41) is 26.7. The first kappa shape index (κ1) is 41.0. The molecule has 56 heavy (non-hydrogen) atoms. The lowest BCUT2D eigenvalue weighted by molar-refractivity contribution is -0.388. The number of benzene rings is 1. The van der Waals surface area contributed by atoms with E-state index in [1.165, 1.54) is 49.7 Å². The molecule has 0 fully saturated rings. The summed E-state index contributed by atoms with van der Waals surface area (Å²) in [7, 11) is 1.85. The second-order valence-corrected chi connectivity index (χ2v) is 15.1. The van der Waals surface area contributed by atoms with Crippen LogP contribution in [-0.2, 0) is 38.4 Å². The third-order valence-electron chi connectivity index (χ3n) is 8.66. The summed E-state index contributed by atoms with van der Waals surface area (Å²) in [6.45, 7) is 1.90. The molecule has 4 heterocycles. The molecule has 0 spiro atoms. The highest BCUT2D eigenvalue weighted by Gasteiger charge is 2.33. The van der Waals surface area contributed by atoms with Gasteiger partial charge in [0.05, 0.1) is 41.8 Å². The highest BCUT2D eigenvalue weighted by atomic mass is 33.1. The lowest BCUT2D eigenvalue weighted by Crippen LogP contribution is -2.49. The number of carboxylic acid groups (broad SMARTS) is 1. The van der Waals surface area contributed by atoms with E-state index in [2.05, 4.69) is 45.5 Å². The summed E-state index contributed by atoms with van der Waals surface area (Å²) in [5.74, 6) is -5.67. The number of ketones is 2. The Balaban J connectivity index is 1.32. The van der Waals surface area contributed by atoms with Gasteiger partial charge < -0.3 is 30.7 Å². The normalized spacial score (nSPS) is 13.2. The minimum atomic E-state index is -1.43. The van der Waals surface area contributed by atoms with Gasteiger partial charge in [-0.3, -0.25) is 29.3 Å². The molecule has 0 saturated heterocycles. The molecule has 2 amide bonds. The number of amides is 2. The highest BCUT2D eigenvalue weighted by molar-refractivity contribution is 8.76. The minimum Gasteiger partial charge on any atom is -0.480 e. The molecule has 0 aliphatic rings. The number of aromatic nitrogens is 7. The van der Waals surface area contributed by atoms with Crippen LogP contribution in [0.1, 0.15) is 45.8 Å². The van der Waals surface area contributed by atoms with Crippen molar-refractivity contribution in [1.29, 1.82) is 0 Å². The van der Waals surface area contributed by atoms with Crippen LogP contribution in [0.25, 0.3) is 0 Å². The largest absolute Gasteiger partial charge is 0.480 e. The van der Waals surface area contributed by atoms with Crippen molar-refractivity contribution < 1.29 is 34.0 Å². The molecule has 292 valence electrons. The predicted molar refractivity (Wildman–Crippen MR) is 204 cm³/mol. The molecule has 20 heteroatoms. The first-order valence-corrected chi connectivity index (χ1v) is 19.6. The Morgan fingerprint density at radius 3 is 1.89 bits per heavy atom. The predicted octanol–water partition coefficient (Wildman–Crippen LogP) is 3.45. The van der Waals surface area contributed by atoms with Crippen molar-refractivity contribution in [2.45, 2.75) is 56.1 Å². The standard InChI is InChI=1S/C36H38N10O8S2/c1-21-4-6-22(7-5-21)31(47)11-23(9-25-14-37-18-41-25)33(49)44-28(13-27-16-39-20-43-27)32(48)12-24(10-26-15-38-19-42-26)34(50)45-29(36(51)52)17-55-56-35-30(46(53)54)3-2-8-40-35/h2-8,14-16,18-20,23-24,28-29H,9-13,17H2,1H3,(H,37,41)(H,38,42)(H,39,43)(H,44,49)(H,45,50)(H,51,52). The van der Waals surface area contributed by atoms with Crippen LogP contribution in [-0.4, -0.2) is 92.1 Å². The van der Waals surface area contributed by atoms with Gasteiger partial charge in [-0.15, -0.1) is 0 Å². The fraction of sp³-hybridized carbons (Fsp3) is 0.306. The first-order valence-electron chi connectivity index (χ1n) is 17.2. The van der Waals surface area contributed by atoms with Crippen molar-refractivity contribution in [2.24, 2.45) is 11.8 Å². The molecule has 5 rings (SSSR count). The molecule has 4 aromatic heterocycles. The molecule has 0 bridgehead atoms. The van der Waals surface area contributed by atoms with Crippen molar-refractivity contribution in [3.05, 3.63) is 118 Å². The zero-order valence-corrected chi connectivity index (χ0v) is 31.5. The number of carboxylic acids is 1. The monoisotopic (exact) mass is 802 g/mol. The Morgan fingerprint density at radius 2 is 1.36 bits per heavy atom. The van der Waals surface area contributed by atoms with E-state index in [-0.39, 0.29) is 47.9 Å². The van der Waals surface area contributed by atoms with Gasteiger partial charge in [-0.25, -0.2) is 24.7 Å². The number of aliphatic carboxylic acids is 1. The number of nitrogens with zero attached hydrogens (tertiary/aromatic N) is 5. The first-order chi connectivity index (χ1) is 27.0. The third kappa shape index (κ3) is 11.9. The maximum Gasteiger partial charge on any atom is 0.327 e. The van der Waals surface area contributed by atoms with Gasteiger partial charge in [0.1, 0.15) is 6.04 Å². The summed E-state index contributed by atoms with van der Waals surface area (Å²) >= 11 is 0. The summed E-state index contributed by atoms with van der Waals surface area (Å²) in [4.78, 5) is 103. The maximum atomic E-state index is 14.2. The number of rotatable bonds is 22. The quantitative estimate of drug-likeness (QED) is 0.0253. The van der Waals surface area contributed by atoms with E-state index < -0.39 is 58.8 Å². The number of Topliss-reactive ketones (excluding diaryl/α,β-unsaturated/α-hetero) is 2. The molecule has 0 aliphatic heterocycles. The van der Waals surface area contributed by atoms with Crippen molar-refractivity contribution in [2.75, 3.05) is 5.75 Å². The Bertz CT molecular complexity index is 2100. The average Bonchev–Trinajstić information content (AvgIpc) is 3.99. The van der Waals surface area contributed by atoms with Gasteiger partial charge >= 0.3 is 11.7 Å². The van der Waals surface area contributed by atoms with Gasteiger partial charge in [-0.1, -0.05) is 40.6 Å². The zero-order valence-electron chi connectivity index (χ0n) is 29.9. The Kier molecular flexibility index (Phi) is 14.6. The smallest absolute Gasteiger partial charge is 0.327 e. The highest BCUT2D eigenvalue weighted by Crippen LogP contribution is 2.35. The number of nitrogens with one attached hydrogen (secondary N) is 5. The molecule has 0 aliphatic carbocycles. The van der Waals surface area contributed by atoms with Gasteiger partial charge in [-0.2, -0.15) is 0 Å². The second kappa shape index (κ2) is 20.0. The van der Waals surface area contributed by atoms with Crippen molar-refractivity contribution in [1.82, 2.24) is 45.5 Å². The van der Waals surface area contributed by atoms with E-state index in [9.17, 15) is 39.2 Å². The van der Waals surface area contributed by atoms with E-state index in [1.807, 2.05) is 6.92 Å². The van der Waals surface area contributed by atoms with Crippen molar-refractivity contribution in [3.63, 3.8) is 0 Å². The SMILES string of the molecule is Cc1ccc(C(=O)CC(Cc2cnc[nH]2)C(=O)NC(Cc2cnc[nH]2)C(=O)CC(Cc2cnc[nH]2)C(=O)NC(CSSc2ncccc2[N+](=O)[O-])C(=O)O)cc1. The number of hydrogen-bond acceptors (Lipinski definition) is 13. The Labute approximate surface area is 327 Å². The fourth-order valence-electron chi connectivity index (χ4n) is 5.66. The Hall–Kier alpha value is -6.15. The molecule has 0 saturated carbocycles. The van der Waals surface area contributed by atoms with Gasteiger partial charge in [0, 0.05) is 91.4 Å². The molecular formula is C36H38N10O8S2. The number of carbonyl (C=O) groups is 5. The van der Waals surface area contributed by atoms with E-state index >= 15 is 0 Å². The van der Waals surface area contributed by atoms with E-state index in [1.54, 1.807) is 30.5 Å². The summed E-state index contributed by atoms with van der Waals surface area (Å²) in [5.41, 5.74) is 2.79. The molecular weight excluding hydrogens is 765 g/mol. The fourth-order valence-corrected chi connectivity index (χ4v) is 7.87. The molecule has 0 radical (unpaired) electrons. The number of aryl methyl sites for hydroxylation is 1. The number of H-pyrrole nitrogens is 3. The van der Waals surface area contributed by atoms with Gasteiger partial charge in [0.25, 0.3) is 0 Å². The topological polar surface area (TPSA) is 272 Å². The van der Waals surface area contributed by atoms with Gasteiger partial charge in [0.2, 0.25) is 11.8 Å². The van der Waals surface area contributed by atoms with E-state index in [0.29, 0.717) is 22.6 Å². The average molecular weight is 803 g/mol. The van der Waals surface area contributed by atoms with Gasteiger partial charge in [-0.05, 0) is 23.8 Å². The number of pyridine rings is 1. The van der Waals surface area contributed by atoms with Gasteiger partial charge in [0.15, 0.2) is 16.6 Å². The number of aromatic amines is 3. The van der Waals surface area contributed by atoms with Crippen LogP contribution < -0.4 is 10.6 Å². The van der Waals surface area contributed by atoms with Crippen LogP contribution in [0.5, 0.6) is 0 Å². The summed E-state index contributed by atoms with van der Waals surface area (Å²) in [6, 6.07) is 7.07. The lowest BCUT2D eigenvalue weighted by atomic mass is 9.90. The molecule has 18 nitrogen and oxygen atoms in total. The molecule has 4 unspecified atom stereocenters. The molecule has 1 aromatic carbocycles. The number of hydrogen-bond donors (Lipinski definition) is 6. The van der Waals surface area contributed by atoms with E-state index in [4.69, 9.17) is 0 Å². The molecule has 5 aromatic rings. The Morgan fingerprint density at radius 1 is 0.804 bits per heavy atom. The molecule has 6 N–H and O–H groups in total. The van der Waals surface area contributed by atoms with Crippen molar-refractivity contribution >= 4 is 56.6 Å². The summed E-state index contributed by atoms with van der Waals surface area (Å²) in [6.07, 6.45) is 9.68. The molecule has 4 atom stereocenters. The van der Waals surface area contributed by atoms with Crippen LogP contribution in [0.2, 0.25) is 0 Å². The number of nitro groups is 1. The zero-order chi connectivity index (χ0) is 40.0. The van der Waals surface area contributed by atoms with Crippen LogP contribution in [0.3, 0.4) is 0 Å². The number of carbonyl (C=O) groups excluding carboxylic acids is 4. The minimum absolute atomic E-state index is 0.0169. The van der Waals surface area contributed by atoms with Crippen LogP contribution in [0, 0.1) is 28.9 Å². The number of imidazole rings is 3. The maximum absolute atomic E-state index is 14.2. The second-order valence-electron chi connectivity index (χ2n) is 12.8. The van der Waals surface area contributed by atoms with Crippen LogP contribution in [0.15, 0.2) is 85.2 Å².